The van der Waals surface area contributed by atoms with Crippen LogP contribution in [0.1, 0.15) is 86.5 Å². The second kappa shape index (κ2) is 21.3. The Kier molecular flexibility index (Phi) is 18.2. The lowest BCUT2D eigenvalue weighted by molar-refractivity contribution is -0.344. The van der Waals surface area contributed by atoms with Gasteiger partial charge in [-0.05, 0) is 66.5 Å². The highest BCUT2D eigenvalue weighted by molar-refractivity contribution is 5.70. The molecule has 3 rings (SSSR count). The van der Waals surface area contributed by atoms with Crippen molar-refractivity contribution in [1.29, 1.82) is 0 Å². The molecule has 310 valence electrons. The topological polar surface area (TPSA) is 200 Å². The van der Waals surface area contributed by atoms with Gasteiger partial charge in [0.05, 0.1) is 43.0 Å². The largest absolute Gasteiger partial charge is 0.462 e. The van der Waals surface area contributed by atoms with Gasteiger partial charge in [0.1, 0.15) is 36.3 Å². The Hall–Kier alpha value is -2.31. The number of hydrogen-bond acceptors (Lipinski definition) is 15. The van der Waals surface area contributed by atoms with E-state index in [1.807, 2.05) is 19.9 Å². The van der Waals surface area contributed by atoms with Crippen molar-refractivity contribution in [3.63, 3.8) is 0 Å². The Morgan fingerprint density at radius 3 is 2.35 bits per heavy atom. The molecule has 0 unspecified atom stereocenters. The Bertz CT molecular complexity index is 1240. The third-order valence-corrected chi connectivity index (χ3v) is 10.5. The first-order valence-corrected chi connectivity index (χ1v) is 19.2. The molecule has 2 saturated heterocycles. The number of rotatable bonds is 11. The van der Waals surface area contributed by atoms with Gasteiger partial charge in [0.15, 0.2) is 18.7 Å². The van der Waals surface area contributed by atoms with Crippen molar-refractivity contribution < 1.29 is 68.0 Å². The predicted octanol–water partition coefficient (Wildman–Crippen LogP) is 2.20. The van der Waals surface area contributed by atoms with Crippen LogP contribution >= 0.6 is 0 Å². The molecule has 15 heteroatoms. The van der Waals surface area contributed by atoms with E-state index in [4.69, 9.17) is 33.2 Å². The van der Waals surface area contributed by atoms with Crippen molar-refractivity contribution in [3.8, 4) is 0 Å². The Morgan fingerprint density at radius 2 is 1.74 bits per heavy atom. The number of ether oxygens (including phenoxy) is 7. The molecule has 0 radical (unpaired) electrons. The molecule has 0 aromatic carbocycles. The molecule has 54 heavy (non-hydrogen) atoms. The van der Waals surface area contributed by atoms with Crippen LogP contribution in [-0.4, -0.2) is 150 Å². The van der Waals surface area contributed by atoms with Crippen LogP contribution in [-0.2, 0) is 47.5 Å². The zero-order valence-electron chi connectivity index (χ0n) is 33.3. The number of aliphatic hydroxyl groups excluding tert-OH is 3. The van der Waals surface area contributed by atoms with Gasteiger partial charge in [-0.25, -0.2) is 0 Å². The molecule has 2 fully saturated rings. The van der Waals surface area contributed by atoms with E-state index in [1.54, 1.807) is 64.9 Å². The molecule has 0 saturated carbocycles. The normalized spacial score (nSPS) is 42.9. The minimum atomic E-state index is -1.47. The Balaban J connectivity index is 1.91. The number of methoxy groups -OCH3 is 1. The van der Waals surface area contributed by atoms with E-state index in [0.29, 0.717) is 12.8 Å². The van der Waals surface area contributed by atoms with E-state index in [0.717, 1.165) is 6.29 Å². The summed E-state index contributed by atoms with van der Waals surface area (Å²) in [6, 6.07) is -0.750. The Morgan fingerprint density at radius 1 is 1.04 bits per heavy atom. The summed E-state index contributed by atoms with van der Waals surface area (Å²) in [4.78, 5) is 39.0. The average Bonchev–Trinajstić information content (AvgIpc) is 3.07. The molecular formula is C39H65NO14. The molecule has 15 nitrogen and oxygen atoms in total. The van der Waals surface area contributed by atoms with Gasteiger partial charge < -0.3 is 63.3 Å². The number of carbonyl (C=O) groups is 3. The average molecular weight is 772 g/mol. The summed E-state index contributed by atoms with van der Waals surface area (Å²) in [6.45, 7) is 10.4. The summed E-state index contributed by atoms with van der Waals surface area (Å²) in [5.41, 5.74) is -1.47. The van der Waals surface area contributed by atoms with Crippen LogP contribution in [0.3, 0.4) is 0 Å². The minimum absolute atomic E-state index is 0.0274. The SMILES string of the molecule is CCCC(=O)O[C@H]1[C@H](C)O[C@@H](O[C@H]2[C@H](N(C)C)[C@@H](O)[C@H](O[C@H]3[C@@H](CC=O)C[C@@H](C)[C@@H](O)/C=C\C=C/C[C@@H](C)OC(=O)C[C@@H](O)[C@@H]3OC)O[C@@H]2C)C[C@@]1(C)O. The summed E-state index contributed by atoms with van der Waals surface area (Å²) in [5, 5.41) is 45.7. The summed E-state index contributed by atoms with van der Waals surface area (Å²) in [7, 11) is 4.86. The van der Waals surface area contributed by atoms with E-state index >= 15 is 0 Å². The standard InChI is InChI=1S/C39H65NO14/c1-10-14-29(44)52-37-25(5)50-31(21-39(37,6)47)53-34-24(4)51-38(33(46)32(34)40(7)8)54-35-26(17-18-41)19-22(2)27(42)16-13-11-12-15-23(3)49-30(45)20-28(43)36(35)48-9/h11-13,16,18,22-28,31-38,42-43,46-47H,10,14-15,17,19-21H2,1-9H3/b12-11-,16-13-/t22-,23-,24-,25+,26+,27+,28-,31+,32-,33-,34-,35+,36+,37+,38+,39-/m1/s1. The lowest BCUT2D eigenvalue weighted by Crippen LogP contribution is -2.66. The summed E-state index contributed by atoms with van der Waals surface area (Å²) >= 11 is 0. The summed E-state index contributed by atoms with van der Waals surface area (Å²) in [6.07, 6.45) is -3.26. The van der Waals surface area contributed by atoms with Crippen LogP contribution in [0.2, 0.25) is 0 Å². The Labute approximate surface area is 319 Å². The maximum Gasteiger partial charge on any atom is 0.308 e. The number of hydrogen-bond donors (Lipinski definition) is 4. The van der Waals surface area contributed by atoms with Crippen molar-refractivity contribution in [2.45, 2.75) is 172 Å². The van der Waals surface area contributed by atoms with Crippen molar-refractivity contribution in [3.05, 3.63) is 24.3 Å². The molecular weight excluding hydrogens is 706 g/mol. The molecule has 0 spiro atoms. The number of carbonyl (C=O) groups excluding carboxylic acids is 3. The minimum Gasteiger partial charge on any atom is -0.462 e. The fourth-order valence-electron chi connectivity index (χ4n) is 7.66. The summed E-state index contributed by atoms with van der Waals surface area (Å²) in [5.74, 6) is -2.11. The van der Waals surface area contributed by atoms with Crippen LogP contribution in [0.25, 0.3) is 0 Å². The predicted molar refractivity (Wildman–Crippen MR) is 196 cm³/mol. The van der Waals surface area contributed by atoms with E-state index in [-0.39, 0.29) is 31.6 Å². The quantitative estimate of drug-likeness (QED) is 0.176. The second-order valence-electron chi connectivity index (χ2n) is 15.5. The van der Waals surface area contributed by atoms with Crippen LogP contribution in [0.5, 0.6) is 0 Å². The van der Waals surface area contributed by atoms with Crippen LogP contribution in [0.4, 0.5) is 0 Å². The van der Waals surface area contributed by atoms with Gasteiger partial charge in [0, 0.05) is 32.8 Å². The highest BCUT2D eigenvalue weighted by Gasteiger charge is 2.52. The van der Waals surface area contributed by atoms with Gasteiger partial charge in [-0.2, -0.15) is 0 Å². The number of cyclic esters (lactones) is 1. The zero-order valence-corrected chi connectivity index (χ0v) is 33.3. The third kappa shape index (κ3) is 12.6. The molecule has 3 aliphatic heterocycles. The molecule has 0 bridgehead atoms. The molecule has 16 atom stereocenters. The van der Waals surface area contributed by atoms with Gasteiger partial charge in [-0.15, -0.1) is 0 Å². The number of allylic oxidation sites excluding steroid dienone is 2. The third-order valence-electron chi connectivity index (χ3n) is 10.5. The van der Waals surface area contributed by atoms with Gasteiger partial charge >= 0.3 is 11.9 Å². The van der Waals surface area contributed by atoms with Crippen molar-refractivity contribution >= 4 is 18.2 Å². The van der Waals surface area contributed by atoms with E-state index in [9.17, 15) is 34.8 Å². The molecule has 3 heterocycles. The van der Waals surface area contributed by atoms with Crippen molar-refractivity contribution in [2.75, 3.05) is 21.2 Å². The van der Waals surface area contributed by atoms with Crippen LogP contribution < -0.4 is 0 Å². The zero-order chi connectivity index (χ0) is 40.3. The maximum atomic E-state index is 12.9. The van der Waals surface area contributed by atoms with Crippen LogP contribution in [0.15, 0.2) is 24.3 Å². The highest BCUT2D eigenvalue weighted by atomic mass is 16.7. The molecule has 0 amide bonds. The van der Waals surface area contributed by atoms with E-state index in [1.165, 1.54) is 7.11 Å². The number of likely N-dealkylation sites (N-methyl/N-ethyl adjacent to an activating group) is 1. The number of aldehydes is 1. The van der Waals surface area contributed by atoms with E-state index in [2.05, 4.69) is 0 Å². The van der Waals surface area contributed by atoms with Gasteiger partial charge in [0.2, 0.25) is 0 Å². The fourth-order valence-corrected chi connectivity index (χ4v) is 7.66. The number of aliphatic hydroxyl groups is 4. The van der Waals surface area contributed by atoms with Crippen molar-refractivity contribution in [1.82, 2.24) is 4.90 Å². The first-order valence-electron chi connectivity index (χ1n) is 19.2. The molecule has 3 aliphatic rings. The first kappa shape index (κ1) is 46.1. The van der Waals surface area contributed by atoms with Crippen molar-refractivity contribution in [2.24, 2.45) is 11.8 Å². The first-order chi connectivity index (χ1) is 25.4. The summed E-state index contributed by atoms with van der Waals surface area (Å²) < 4.78 is 42.2. The van der Waals surface area contributed by atoms with Crippen LogP contribution in [0, 0.1) is 11.8 Å². The number of esters is 2. The molecule has 0 aliphatic carbocycles. The molecule has 4 N–H and O–H groups in total. The van der Waals surface area contributed by atoms with Gasteiger partial charge in [-0.3, -0.25) is 9.59 Å². The number of nitrogens with zero attached hydrogens (tertiary/aromatic N) is 1. The smallest absolute Gasteiger partial charge is 0.308 e. The van der Waals surface area contributed by atoms with Gasteiger partial charge in [-0.1, -0.05) is 38.2 Å². The lowest BCUT2D eigenvalue weighted by atomic mass is 9.82. The molecule has 0 aromatic rings. The van der Waals surface area contributed by atoms with Gasteiger partial charge in [0.25, 0.3) is 0 Å². The maximum absolute atomic E-state index is 12.9. The fraction of sp³-hybridized carbons (Fsp3) is 0.821. The molecule has 0 aromatic heterocycles. The monoisotopic (exact) mass is 771 g/mol. The van der Waals surface area contributed by atoms with E-state index < -0.39 is 110 Å². The second-order valence-corrected chi connectivity index (χ2v) is 15.5. The lowest BCUT2D eigenvalue weighted by Gasteiger charge is -2.50. The highest BCUT2D eigenvalue weighted by Crippen LogP contribution is 2.37.